The van der Waals surface area contributed by atoms with Crippen LogP contribution in [0.15, 0.2) is 42.5 Å². The molecule has 5 nitrogen and oxygen atoms in total. The number of hydrogen-bond donors (Lipinski definition) is 1. The van der Waals surface area contributed by atoms with E-state index in [2.05, 4.69) is 0 Å². The molecule has 0 amide bonds. The number of carbonyl (C=O) groups excluding carboxylic acids is 1. The molecule has 168 valence electrons. The summed E-state index contributed by atoms with van der Waals surface area (Å²) in [5.41, 5.74) is 2.88. The van der Waals surface area contributed by atoms with Crippen molar-refractivity contribution < 1.29 is 17.4 Å². The molecule has 6 heteroatoms. The quantitative estimate of drug-likeness (QED) is 0.532. The second kappa shape index (κ2) is 9.53. The van der Waals surface area contributed by atoms with Crippen molar-refractivity contribution >= 4 is 16.1 Å². The minimum Gasteiger partial charge on any atom is -0.370 e. The number of Topliss-reactive ketones (excluding diaryl/α,β-unsaturated/α-hetero) is 1. The van der Waals surface area contributed by atoms with Crippen LogP contribution in [0.3, 0.4) is 0 Å². The lowest BCUT2D eigenvalue weighted by atomic mass is 9.77. The SMILES string of the molecule is CC(C)c1ccc(C(=O)C(c2ccccc2)C2CCCC2)c(C(C)C)c1OS(N)(=O)=O. The Morgan fingerprint density at radius 2 is 1.58 bits per heavy atom. The molecule has 31 heavy (non-hydrogen) atoms. The van der Waals surface area contributed by atoms with E-state index in [0.29, 0.717) is 11.1 Å². The van der Waals surface area contributed by atoms with Crippen molar-refractivity contribution in [3.63, 3.8) is 0 Å². The molecule has 0 heterocycles. The summed E-state index contributed by atoms with van der Waals surface area (Å²) in [6.45, 7) is 7.81. The first kappa shape index (κ1) is 23.5. The first-order valence-corrected chi connectivity index (χ1v) is 12.6. The van der Waals surface area contributed by atoms with Crippen LogP contribution in [0.25, 0.3) is 0 Å². The Bertz CT molecular complexity index is 1020. The molecule has 2 aromatic rings. The topological polar surface area (TPSA) is 86.5 Å². The fraction of sp³-hybridized carbons (Fsp3) is 0.480. The normalized spacial score (nSPS) is 16.1. The highest BCUT2D eigenvalue weighted by Gasteiger charge is 2.35. The molecule has 1 unspecified atom stereocenters. The molecule has 1 saturated carbocycles. The molecule has 0 saturated heterocycles. The highest BCUT2D eigenvalue weighted by molar-refractivity contribution is 7.84. The van der Waals surface area contributed by atoms with E-state index in [4.69, 9.17) is 9.32 Å². The van der Waals surface area contributed by atoms with Gasteiger partial charge < -0.3 is 4.18 Å². The summed E-state index contributed by atoms with van der Waals surface area (Å²) in [7, 11) is -4.23. The summed E-state index contributed by atoms with van der Waals surface area (Å²) in [5, 5.41) is 5.25. The van der Waals surface area contributed by atoms with E-state index in [-0.39, 0.29) is 35.2 Å². The number of nitrogens with two attached hydrogens (primary N) is 1. The third-order valence-electron chi connectivity index (χ3n) is 6.20. The summed E-state index contributed by atoms with van der Waals surface area (Å²) >= 11 is 0. The van der Waals surface area contributed by atoms with Crippen LogP contribution in [-0.2, 0) is 10.3 Å². The second-order valence-electron chi connectivity index (χ2n) is 9.13. The Hall–Kier alpha value is -2.18. The van der Waals surface area contributed by atoms with Crippen LogP contribution in [0, 0.1) is 5.92 Å². The lowest BCUT2D eigenvalue weighted by molar-refractivity contribution is 0.0928. The molecule has 1 fully saturated rings. The Kier molecular flexibility index (Phi) is 7.22. The first-order chi connectivity index (χ1) is 14.6. The van der Waals surface area contributed by atoms with Gasteiger partial charge >= 0.3 is 10.3 Å². The molecule has 2 aromatic carbocycles. The zero-order valence-corrected chi connectivity index (χ0v) is 19.6. The predicted molar refractivity (Wildman–Crippen MR) is 124 cm³/mol. The van der Waals surface area contributed by atoms with Gasteiger partial charge in [-0.3, -0.25) is 4.79 Å². The van der Waals surface area contributed by atoms with Crippen LogP contribution in [0.5, 0.6) is 5.75 Å². The Balaban J connectivity index is 2.19. The number of rotatable bonds is 8. The van der Waals surface area contributed by atoms with E-state index in [1.54, 1.807) is 6.07 Å². The Labute approximate surface area is 186 Å². The summed E-state index contributed by atoms with van der Waals surface area (Å²) in [4.78, 5) is 14.0. The predicted octanol–water partition coefficient (Wildman–Crippen LogP) is 5.67. The van der Waals surface area contributed by atoms with E-state index >= 15 is 0 Å². The molecule has 0 bridgehead atoms. The number of hydrogen-bond acceptors (Lipinski definition) is 4. The van der Waals surface area contributed by atoms with E-state index in [9.17, 15) is 13.2 Å². The average molecular weight is 444 g/mol. The molecule has 2 N–H and O–H groups in total. The van der Waals surface area contributed by atoms with Gasteiger partial charge in [-0.1, -0.05) is 83.0 Å². The molecule has 1 atom stereocenters. The van der Waals surface area contributed by atoms with Crippen LogP contribution < -0.4 is 9.32 Å². The first-order valence-electron chi connectivity index (χ1n) is 11.1. The fourth-order valence-corrected chi connectivity index (χ4v) is 5.24. The van der Waals surface area contributed by atoms with E-state index in [0.717, 1.165) is 36.8 Å². The van der Waals surface area contributed by atoms with Crippen LogP contribution in [0.2, 0.25) is 0 Å². The monoisotopic (exact) mass is 443 g/mol. The number of benzene rings is 2. The van der Waals surface area contributed by atoms with Crippen LogP contribution in [0.1, 0.15) is 98.2 Å². The molecule has 0 aromatic heterocycles. The van der Waals surface area contributed by atoms with E-state index < -0.39 is 10.3 Å². The van der Waals surface area contributed by atoms with E-state index in [1.165, 1.54) is 0 Å². The van der Waals surface area contributed by atoms with Crippen LogP contribution in [-0.4, -0.2) is 14.2 Å². The average Bonchev–Trinajstić information content (AvgIpc) is 3.21. The van der Waals surface area contributed by atoms with Gasteiger partial charge in [0, 0.05) is 11.1 Å². The minimum atomic E-state index is -4.23. The molecular weight excluding hydrogens is 410 g/mol. The highest BCUT2D eigenvalue weighted by Crippen LogP contribution is 2.43. The number of carbonyl (C=O) groups is 1. The van der Waals surface area contributed by atoms with E-state index in [1.807, 2.05) is 64.1 Å². The van der Waals surface area contributed by atoms with Gasteiger partial charge in [0.15, 0.2) is 11.5 Å². The maximum absolute atomic E-state index is 14.0. The Morgan fingerprint density at radius 1 is 0.968 bits per heavy atom. The zero-order valence-electron chi connectivity index (χ0n) is 18.8. The largest absolute Gasteiger partial charge is 0.380 e. The minimum absolute atomic E-state index is 0.0122. The van der Waals surface area contributed by atoms with Gasteiger partial charge in [0.2, 0.25) is 0 Å². The van der Waals surface area contributed by atoms with Gasteiger partial charge in [-0.2, -0.15) is 13.6 Å². The van der Waals surface area contributed by atoms with Crippen molar-refractivity contribution in [1.82, 2.24) is 0 Å². The van der Waals surface area contributed by atoms with Crippen molar-refractivity contribution in [3.8, 4) is 5.75 Å². The molecule has 0 radical (unpaired) electrons. The fourth-order valence-electron chi connectivity index (χ4n) is 4.82. The third-order valence-corrected chi connectivity index (χ3v) is 6.60. The molecule has 0 aliphatic heterocycles. The summed E-state index contributed by atoms with van der Waals surface area (Å²) in [6.07, 6.45) is 4.30. The van der Waals surface area contributed by atoms with Gasteiger partial charge in [-0.05, 0) is 41.7 Å². The molecule has 1 aliphatic carbocycles. The van der Waals surface area contributed by atoms with Crippen molar-refractivity contribution in [3.05, 3.63) is 64.7 Å². The van der Waals surface area contributed by atoms with Gasteiger partial charge in [0.05, 0.1) is 5.92 Å². The standard InChI is InChI=1S/C25H33NO4S/c1-16(2)20-14-15-21(22(17(3)4)25(20)30-31(26,28)29)24(27)23(19-12-8-9-13-19)18-10-6-5-7-11-18/h5-7,10-11,14-17,19,23H,8-9,12-13H2,1-4H3,(H2,26,28,29). The zero-order chi connectivity index (χ0) is 22.8. The van der Waals surface area contributed by atoms with Crippen molar-refractivity contribution in [2.45, 2.75) is 71.1 Å². The smallest absolute Gasteiger partial charge is 0.370 e. The van der Waals surface area contributed by atoms with Gasteiger partial charge in [0.1, 0.15) is 0 Å². The second-order valence-corrected chi connectivity index (χ2v) is 10.3. The van der Waals surface area contributed by atoms with Crippen LogP contribution in [0.4, 0.5) is 0 Å². The summed E-state index contributed by atoms with van der Waals surface area (Å²) < 4.78 is 29.0. The van der Waals surface area contributed by atoms with Crippen molar-refractivity contribution in [2.24, 2.45) is 11.1 Å². The molecule has 3 rings (SSSR count). The molecular formula is C25H33NO4S. The summed E-state index contributed by atoms with van der Waals surface area (Å²) in [6, 6.07) is 13.6. The number of ketones is 1. The molecule has 1 aliphatic rings. The van der Waals surface area contributed by atoms with Crippen molar-refractivity contribution in [2.75, 3.05) is 0 Å². The van der Waals surface area contributed by atoms with Gasteiger partial charge in [0.25, 0.3) is 0 Å². The lowest BCUT2D eigenvalue weighted by Gasteiger charge is -2.26. The van der Waals surface area contributed by atoms with Crippen molar-refractivity contribution in [1.29, 1.82) is 0 Å². The van der Waals surface area contributed by atoms with Gasteiger partial charge in [-0.25, -0.2) is 0 Å². The van der Waals surface area contributed by atoms with Gasteiger partial charge in [-0.15, -0.1) is 0 Å². The van der Waals surface area contributed by atoms with Crippen LogP contribution >= 0.6 is 0 Å². The summed E-state index contributed by atoms with van der Waals surface area (Å²) in [5.74, 6) is 0.149. The molecule has 0 spiro atoms. The maximum atomic E-state index is 14.0. The third kappa shape index (κ3) is 5.36. The highest BCUT2D eigenvalue weighted by atomic mass is 32.2. The lowest BCUT2D eigenvalue weighted by Crippen LogP contribution is -2.24. The maximum Gasteiger partial charge on any atom is 0.380 e. The Morgan fingerprint density at radius 3 is 2.10 bits per heavy atom.